The zero-order chi connectivity index (χ0) is 18.6. The summed E-state index contributed by atoms with van der Waals surface area (Å²) in [5, 5.41) is 2.53. The summed E-state index contributed by atoms with van der Waals surface area (Å²) in [6.07, 6.45) is 2.16. The molecule has 0 amide bonds. The Kier molecular flexibility index (Phi) is 4.89. The molecule has 27 heavy (non-hydrogen) atoms. The highest BCUT2D eigenvalue weighted by molar-refractivity contribution is 5.89. The van der Waals surface area contributed by atoms with E-state index < -0.39 is 0 Å². The van der Waals surface area contributed by atoms with E-state index in [4.69, 9.17) is 0 Å². The van der Waals surface area contributed by atoms with Crippen molar-refractivity contribution >= 4 is 16.3 Å². The van der Waals surface area contributed by atoms with Crippen LogP contribution in [-0.4, -0.2) is 0 Å². The number of hydrogen-bond donors (Lipinski definition) is 0. The van der Waals surface area contributed by atoms with Crippen LogP contribution in [0, 0.1) is 0 Å². The summed E-state index contributed by atoms with van der Waals surface area (Å²) in [5.74, 6) is 0. The summed E-state index contributed by atoms with van der Waals surface area (Å²) in [4.78, 5) is 0. The van der Waals surface area contributed by atoms with E-state index in [1.807, 2.05) is 0 Å². The van der Waals surface area contributed by atoms with Crippen molar-refractivity contribution in [3.05, 3.63) is 114 Å². The summed E-state index contributed by atoms with van der Waals surface area (Å²) in [5.41, 5.74) is 7.62. The van der Waals surface area contributed by atoms with Gasteiger partial charge in [0.15, 0.2) is 0 Å². The molecular formula is C27H24. The van der Waals surface area contributed by atoms with Gasteiger partial charge in [-0.25, -0.2) is 0 Å². The fourth-order valence-electron chi connectivity index (χ4n) is 3.49. The van der Waals surface area contributed by atoms with Crippen LogP contribution in [0.4, 0.5) is 0 Å². The first-order chi connectivity index (χ1) is 13.2. The van der Waals surface area contributed by atoms with Gasteiger partial charge in [0, 0.05) is 0 Å². The average molecular weight is 348 g/mol. The van der Waals surface area contributed by atoms with Crippen LogP contribution in [0.3, 0.4) is 0 Å². The summed E-state index contributed by atoms with van der Waals surface area (Å²) in [6, 6.07) is 32.9. The van der Waals surface area contributed by atoms with Crippen molar-refractivity contribution in [2.45, 2.75) is 19.8 Å². The van der Waals surface area contributed by atoms with Crippen LogP contribution in [0.2, 0.25) is 0 Å². The van der Waals surface area contributed by atoms with Crippen molar-refractivity contribution in [2.75, 3.05) is 0 Å². The van der Waals surface area contributed by atoms with Crippen molar-refractivity contribution in [3.8, 4) is 11.1 Å². The summed E-state index contributed by atoms with van der Waals surface area (Å²) in [6.45, 7) is 6.09. The van der Waals surface area contributed by atoms with Crippen LogP contribution in [0.25, 0.3) is 27.5 Å². The average Bonchev–Trinajstić information content (AvgIpc) is 2.72. The van der Waals surface area contributed by atoms with E-state index in [-0.39, 0.29) is 0 Å². The molecule has 0 aliphatic carbocycles. The second kappa shape index (κ2) is 7.63. The van der Waals surface area contributed by atoms with Gasteiger partial charge in [0.1, 0.15) is 0 Å². The summed E-state index contributed by atoms with van der Waals surface area (Å²) >= 11 is 0. The molecular weight excluding hydrogens is 324 g/mol. The first kappa shape index (κ1) is 17.3. The highest BCUT2D eigenvalue weighted by Crippen LogP contribution is 2.27. The lowest BCUT2D eigenvalue weighted by atomic mass is 9.97. The first-order valence-corrected chi connectivity index (χ1v) is 9.52. The molecule has 0 saturated carbocycles. The molecule has 0 saturated heterocycles. The lowest BCUT2D eigenvalue weighted by Crippen LogP contribution is -1.91. The third kappa shape index (κ3) is 4.01. The van der Waals surface area contributed by atoms with E-state index in [1.54, 1.807) is 0 Å². The van der Waals surface area contributed by atoms with E-state index in [0.717, 1.165) is 18.4 Å². The zero-order valence-corrected chi connectivity index (χ0v) is 15.8. The molecule has 0 unspecified atom stereocenters. The van der Waals surface area contributed by atoms with Crippen LogP contribution in [0.5, 0.6) is 0 Å². The van der Waals surface area contributed by atoms with Gasteiger partial charge in [-0.05, 0) is 70.5 Å². The molecule has 0 atom stereocenters. The molecule has 0 fully saturated rings. The van der Waals surface area contributed by atoms with Crippen LogP contribution in [0.15, 0.2) is 97.6 Å². The number of rotatable bonds is 5. The lowest BCUT2D eigenvalue weighted by molar-refractivity contribution is 0.960. The minimum absolute atomic E-state index is 1.08. The van der Waals surface area contributed by atoms with Gasteiger partial charge in [-0.15, -0.1) is 0 Å². The Hall–Kier alpha value is -3.12. The van der Waals surface area contributed by atoms with Gasteiger partial charge >= 0.3 is 0 Å². The number of aryl methyl sites for hydroxylation is 2. The fraction of sp³-hybridized carbons (Fsp3) is 0.111. The Morgan fingerprint density at radius 2 is 1.22 bits per heavy atom. The van der Waals surface area contributed by atoms with Gasteiger partial charge in [0.25, 0.3) is 0 Å². The lowest BCUT2D eigenvalue weighted by Gasteiger charge is -2.08. The quantitative estimate of drug-likeness (QED) is 0.354. The predicted molar refractivity (Wildman–Crippen MR) is 118 cm³/mol. The highest BCUT2D eigenvalue weighted by atomic mass is 14.1. The van der Waals surface area contributed by atoms with Crippen molar-refractivity contribution in [1.29, 1.82) is 0 Å². The number of hydrogen-bond acceptors (Lipinski definition) is 0. The van der Waals surface area contributed by atoms with E-state index in [1.165, 1.54) is 38.6 Å². The van der Waals surface area contributed by atoms with Crippen molar-refractivity contribution in [2.24, 2.45) is 0 Å². The monoisotopic (exact) mass is 348 g/mol. The van der Waals surface area contributed by atoms with Crippen molar-refractivity contribution in [1.82, 2.24) is 0 Å². The normalized spacial score (nSPS) is 10.9. The van der Waals surface area contributed by atoms with Crippen LogP contribution >= 0.6 is 0 Å². The van der Waals surface area contributed by atoms with E-state index in [9.17, 15) is 0 Å². The molecule has 0 heterocycles. The Balaban J connectivity index is 1.52. The van der Waals surface area contributed by atoms with E-state index in [2.05, 4.69) is 104 Å². The van der Waals surface area contributed by atoms with Crippen LogP contribution in [0.1, 0.15) is 23.6 Å². The second-order valence-corrected chi connectivity index (χ2v) is 7.24. The third-order valence-corrected chi connectivity index (χ3v) is 5.17. The van der Waals surface area contributed by atoms with Gasteiger partial charge < -0.3 is 0 Å². The molecule has 0 heteroatoms. The Labute approximate surface area is 161 Å². The standard InChI is InChI=1S/C27H24/c1-20(2)24-14-15-27-19-25(16-17-26(27)18-24)23-12-10-22(11-13-23)9-8-21-6-4-3-5-7-21/h3-7,10-19H,1,8-9H2,2H3. The highest BCUT2D eigenvalue weighted by Gasteiger charge is 2.03. The van der Waals surface area contributed by atoms with Crippen molar-refractivity contribution in [3.63, 3.8) is 0 Å². The Morgan fingerprint density at radius 1 is 0.630 bits per heavy atom. The predicted octanol–water partition coefficient (Wildman–Crippen LogP) is 7.33. The Bertz CT molecular complexity index is 1070. The molecule has 4 aromatic rings. The second-order valence-electron chi connectivity index (χ2n) is 7.24. The smallest absolute Gasteiger partial charge is 0.0177 e. The summed E-state index contributed by atoms with van der Waals surface area (Å²) in [7, 11) is 0. The van der Waals surface area contributed by atoms with Gasteiger partial charge in [-0.2, -0.15) is 0 Å². The Morgan fingerprint density at radius 3 is 1.93 bits per heavy atom. The maximum Gasteiger partial charge on any atom is -0.0177 e. The molecule has 4 aromatic carbocycles. The zero-order valence-electron chi connectivity index (χ0n) is 15.8. The minimum atomic E-state index is 1.08. The fourth-order valence-corrected chi connectivity index (χ4v) is 3.49. The van der Waals surface area contributed by atoms with E-state index >= 15 is 0 Å². The maximum absolute atomic E-state index is 4.04. The molecule has 4 rings (SSSR count). The third-order valence-electron chi connectivity index (χ3n) is 5.17. The molecule has 0 nitrogen and oxygen atoms in total. The van der Waals surface area contributed by atoms with Crippen molar-refractivity contribution < 1.29 is 0 Å². The van der Waals surface area contributed by atoms with Crippen LogP contribution in [-0.2, 0) is 12.8 Å². The maximum atomic E-state index is 4.04. The van der Waals surface area contributed by atoms with Crippen LogP contribution < -0.4 is 0 Å². The van der Waals surface area contributed by atoms with Gasteiger partial charge in [-0.1, -0.05) is 91.0 Å². The molecule has 0 aliphatic rings. The minimum Gasteiger partial charge on any atom is -0.0955 e. The SMILES string of the molecule is C=C(C)c1ccc2cc(-c3ccc(CCc4ccccc4)cc3)ccc2c1. The topological polar surface area (TPSA) is 0 Å². The molecule has 0 bridgehead atoms. The molecule has 0 aliphatic heterocycles. The van der Waals surface area contributed by atoms with E-state index in [0.29, 0.717) is 0 Å². The molecule has 0 radical (unpaired) electrons. The van der Waals surface area contributed by atoms with Gasteiger partial charge in [0.2, 0.25) is 0 Å². The first-order valence-electron chi connectivity index (χ1n) is 9.52. The summed E-state index contributed by atoms with van der Waals surface area (Å²) < 4.78 is 0. The molecule has 132 valence electrons. The molecule has 0 spiro atoms. The molecule has 0 aromatic heterocycles. The molecule has 0 N–H and O–H groups in total. The number of allylic oxidation sites excluding steroid dienone is 1. The largest absolute Gasteiger partial charge is 0.0955 e. The number of fused-ring (bicyclic) bond motifs is 1. The van der Waals surface area contributed by atoms with Gasteiger partial charge in [0.05, 0.1) is 0 Å². The van der Waals surface area contributed by atoms with Gasteiger partial charge in [-0.3, -0.25) is 0 Å². The number of benzene rings is 4.